The SMILES string of the molecule is COc1cc(Cl)c(Br)cc1C(F)F. The molecular formula is C8H6BrClF2O. The molecule has 0 atom stereocenters. The monoisotopic (exact) mass is 270 g/mol. The number of hydrogen-bond acceptors (Lipinski definition) is 1. The van der Waals surface area contributed by atoms with Crippen LogP contribution in [0.1, 0.15) is 12.0 Å². The molecule has 0 bridgehead atoms. The summed E-state index contributed by atoms with van der Waals surface area (Å²) in [5.74, 6) is 0.100. The van der Waals surface area contributed by atoms with Crippen molar-refractivity contribution >= 4 is 27.5 Å². The summed E-state index contributed by atoms with van der Waals surface area (Å²) in [5, 5.41) is 0.348. The van der Waals surface area contributed by atoms with Crippen LogP contribution in [0.2, 0.25) is 5.02 Å². The van der Waals surface area contributed by atoms with E-state index in [1.807, 2.05) is 0 Å². The molecule has 0 aliphatic rings. The summed E-state index contributed by atoms with van der Waals surface area (Å²) in [6.07, 6.45) is -2.57. The number of rotatable bonds is 2. The summed E-state index contributed by atoms with van der Waals surface area (Å²) in [5.41, 5.74) is -0.168. The molecule has 0 unspecified atom stereocenters. The van der Waals surface area contributed by atoms with Gasteiger partial charge in [-0.05, 0) is 22.0 Å². The zero-order chi connectivity index (χ0) is 10.0. The first kappa shape index (κ1) is 10.7. The average Bonchev–Trinajstić information content (AvgIpc) is 2.08. The van der Waals surface area contributed by atoms with Gasteiger partial charge in [0, 0.05) is 10.5 Å². The molecule has 0 saturated heterocycles. The Morgan fingerprint density at radius 3 is 2.54 bits per heavy atom. The van der Waals surface area contributed by atoms with Gasteiger partial charge in [0.2, 0.25) is 0 Å². The van der Waals surface area contributed by atoms with E-state index in [2.05, 4.69) is 15.9 Å². The second-order valence-electron chi connectivity index (χ2n) is 2.31. The molecule has 0 heterocycles. The van der Waals surface area contributed by atoms with Crippen LogP contribution in [0.15, 0.2) is 16.6 Å². The van der Waals surface area contributed by atoms with Gasteiger partial charge in [-0.15, -0.1) is 0 Å². The molecular weight excluding hydrogens is 265 g/mol. The Balaban J connectivity index is 3.25. The fourth-order valence-electron chi connectivity index (χ4n) is 0.891. The first-order valence-electron chi connectivity index (χ1n) is 3.37. The Kier molecular flexibility index (Phi) is 3.50. The van der Waals surface area contributed by atoms with E-state index in [4.69, 9.17) is 16.3 Å². The average molecular weight is 271 g/mol. The molecule has 5 heteroatoms. The predicted molar refractivity (Wildman–Crippen MR) is 50.7 cm³/mol. The van der Waals surface area contributed by atoms with Crippen LogP contribution in [0.3, 0.4) is 0 Å². The van der Waals surface area contributed by atoms with E-state index in [9.17, 15) is 8.78 Å². The largest absolute Gasteiger partial charge is 0.496 e. The van der Waals surface area contributed by atoms with E-state index in [0.717, 1.165) is 0 Å². The van der Waals surface area contributed by atoms with E-state index in [1.54, 1.807) is 0 Å². The van der Waals surface area contributed by atoms with Gasteiger partial charge in [0.05, 0.1) is 17.7 Å². The molecule has 13 heavy (non-hydrogen) atoms. The van der Waals surface area contributed by atoms with Gasteiger partial charge in [-0.1, -0.05) is 11.6 Å². The van der Waals surface area contributed by atoms with Crippen LogP contribution in [0.4, 0.5) is 8.78 Å². The summed E-state index contributed by atoms with van der Waals surface area (Å²) >= 11 is 8.75. The van der Waals surface area contributed by atoms with Crippen molar-refractivity contribution in [2.24, 2.45) is 0 Å². The Bertz CT molecular complexity index is 317. The lowest BCUT2D eigenvalue weighted by Gasteiger charge is -2.08. The molecule has 1 nitrogen and oxygen atoms in total. The fraction of sp³-hybridized carbons (Fsp3) is 0.250. The van der Waals surface area contributed by atoms with Crippen molar-refractivity contribution in [1.29, 1.82) is 0 Å². The van der Waals surface area contributed by atoms with Crippen molar-refractivity contribution in [3.8, 4) is 5.75 Å². The van der Waals surface area contributed by atoms with Crippen molar-refractivity contribution in [2.45, 2.75) is 6.43 Å². The zero-order valence-electron chi connectivity index (χ0n) is 6.65. The Labute approximate surface area is 87.8 Å². The van der Waals surface area contributed by atoms with E-state index >= 15 is 0 Å². The highest BCUT2D eigenvalue weighted by Crippen LogP contribution is 2.35. The van der Waals surface area contributed by atoms with Crippen LogP contribution in [0.5, 0.6) is 5.75 Å². The van der Waals surface area contributed by atoms with Crippen LogP contribution in [-0.2, 0) is 0 Å². The lowest BCUT2D eigenvalue weighted by Crippen LogP contribution is -1.92. The van der Waals surface area contributed by atoms with Gasteiger partial charge in [-0.3, -0.25) is 0 Å². The third-order valence-corrected chi connectivity index (χ3v) is 2.70. The van der Waals surface area contributed by atoms with Crippen LogP contribution >= 0.6 is 27.5 Å². The van der Waals surface area contributed by atoms with E-state index in [1.165, 1.54) is 19.2 Å². The van der Waals surface area contributed by atoms with Crippen molar-refractivity contribution in [3.63, 3.8) is 0 Å². The molecule has 0 aromatic heterocycles. The van der Waals surface area contributed by atoms with E-state index in [-0.39, 0.29) is 11.3 Å². The van der Waals surface area contributed by atoms with Crippen LogP contribution < -0.4 is 4.74 Å². The van der Waals surface area contributed by atoms with Gasteiger partial charge >= 0.3 is 0 Å². The fourth-order valence-corrected chi connectivity index (χ4v) is 1.41. The minimum atomic E-state index is -2.57. The summed E-state index contributed by atoms with van der Waals surface area (Å²) < 4.78 is 30.0. The van der Waals surface area contributed by atoms with Gasteiger partial charge in [0.25, 0.3) is 6.43 Å². The third-order valence-electron chi connectivity index (χ3n) is 1.51. The number of halogens is 4. The maximum atomic E-state index is 12.4. The van der Waals surface area contributed by atoms with Gasteiger partial charge in [0.1, 0.15) is 5.75 Å². The normalized spacial score (nSPS) is 10.6. The summed E-state index contributed by atoms with van der Waals surface area (Å²) in [4.78, 5) is 0. The first-order valence-corrected chi connectivity index (χ1v) is 4.54. The molecule has 1 aromatic carbocycles. The van der Waals surface area contributed by atoms with E-state index in [0.29, 0.717) is 9.50 Å². The van der Waals surface area contributed by atoms with Crippen LogP contribution in [0.25, 0.3) is 0 Å². The Morgan fingerprint density at radius 2 is 2.08 bits per heavy atom. The number of ether oxygens (including phenoxy) is 1. The molecule has 1 rings (SSSR count). The molecule has 0 aliphatic heterocycles. The van der Waals surface area contributed by atoms with Gasteiger partial charge < -0.3 is 4.74 Å². The van der Waals surface area contributed by atoms with Crippen molar-refractivity contribution in [2.75, 3.05) is 7.11 Å². The quantitative estimate of drug-likeness (QED) is 0.788. The van der Waals surface area contributed by atoms with E-state index < -0.39 is 6.43 Å². The second kappa shape index (κ2) is 4.24. The summed E-state index contributed by atoms with van der Waals surface area (Å²) in [6.45, 7) is 0. The lowest BCUT2D eigenvalue weighted by molar-refractivity contribution is 0.147. The first-order chi connectivity index (χ1) is 6.06. The number of hydrogen-bond donors (Lipinski definition) is 0. The predicted octanol–water partition coefficient (Wildman–Crippen LogP) is 4.05. The standard InChI is InChI=1S/C8H6BrClF2O/c1-13-7-3-6(10)5(9)2-4(7)8(11)12/h2-3,8H,1H3. The van der Waals surface area contributed by atoms with Crippen molar-refractivity contribution in [1.82, 2.24) is 0 Å². The topological polar surface area (TPSA) is 9.23 Å². The highest BCUT2D eigenvalue weighted by molar-refractivity contribution is 9.10. The Morgan fingerprint density at radius 1 is 1.46 bits per heavy atom. The minimum Gasteiger partial charge on any atom is -0.496 e. The number of alkyl halides is 2. The molecule has 1 aromatic rings. The molecule has 0 saturated carbocycles. The lowest BCUT2D eigenvalue weighted by atomic mass is 10.2. The van der Waals surface area contributed by atoms with Crippen molar-refractivity contribution in [3.05, 3.63) is 27.2 Å². The highest BCUT2D eigenvalue weighted by atomic mass is 79.9. The van der Waals surface area contributed by atoms with Crippen LogP contribution in [0, 0.1) is 0 Å². The maximum absolute atomic E-state index is 12.4. The molecule has 0 radical (unpaired) electrons. The molecule has 0 aliphatic carbocycles. The molecule has 0 spiro atoms. The molecule has 0 amide bonds. The highest BCUT2D eigenvalue weighted by Gasteiger charge is 2.15. The third kappa shape index (κ3) is 2.31. The smallest absolute Gasteiger partial charge is 0.267 e. The maximum Gasteiger partial charge on any atom is 0.267 e. The molecule has 0 N–H and O–H groups in total. The van der Waals surface area contributed by atoms with Gasteiger partial charge in [-0.2, -0.15) is 0 Å². The summed E-state index contributed by atoms with van der Waals surface area (Å²) in [6, 6.07) is 2.61. The Hall–Kier alpha value is -0.350. The van der Waals surface area contributed by atoms with Gasteiger partial charge in [-0.25, -0.2) is 8.78 Å². The van der Waals surface area contributed by atoms with Crippen LogP contribution in [-0.4, -0.2) is 7.11 Å². The zero-order valence-corrected chi connectivity index (χ0v) is 8.99. The number of methoxy groups -OCH3 is 1. The second-order valence-corrected chi connectivity index (χ2v) is 3.57. The number of benzene rings is 1. The molecule has 72 valence electrons. The summed E-state index contributed by atoms with van der Waals surface area (Å²) in [7, 11) is 1.32. The molecule has 0 fully saturated rings. The minimum absolute atomic E-state index is 0.100. The van der Waals surface area contributed by atoms with Crippen molar-refractivity contribution < 1.29 is 13.5 Å². The van der Waals surface area contributed by atoms with Gasteiger partial charge in [0.15, 0.2) is 0 Å².